The summed E-state index contributed by atoms with van der Waals surface area (Å²) in [7, 11) is 3.56. The fourth-order valence-corrected chi connectivity index (χ4v) is 2.33. The van der Waals surface area contributed by atoms with Gasteiger partial charge in [0.15, 0.2) is 0 Å². The number of pyridine rings is 1. The standard InChI is InChI=1S/C15H26N4O/c1-5-10-19(11-14(20)18(3)4)15(12(2)16)13-6-8-17-9-7-13/h6-9,12,15H,5,10-11,16H2,1-4H3. The van der Waals surface area contributed by atoms with Crippen molar-refractivity contribution in [2.24, 2.45) is 5.73 Å². The quantitative estimate of drug-likeness (QED) is 0.816. The second kappa shape index (κ2) is 7.97. The predicted octanol–water partition coefficient (Wildman–Crippen LogP) is 1.27. The fraction of sp³-hybridized carbons (Fsp3) is 0.600. The number of nitrogens with zero attached hydrogens (tertiary/aromatic N) is 3. The fourth-order valence-electron chi connectivity index (χ4n) is 2.33. The summed E-state index contributed by atoms with van der Waals surface area (Å²) in [5.74, 6) is 0.0955. The van der Waals surface area contributed by atoms with E-state index in [4.69, 9.17) is 5.73 Å². The van der Waals surface area contributed by atoms with Gasteiger partial charge in [-0.3, -0.25) is 14.7 Å². The third-order valence-corrected chi connectivity index (χ3v) is 3.29. The van der Waals surface area contributed by atoms with Crippen LogP contribution in [0, 0.1) is 0 Å². The monoisotopic (exact) mass is 278 g/mol. The van der Waals surface area contributed by atoms with Crippen LogP contribution in [0.5, 0.6) is 0 Å². The van der Waals surface area contributed by atoms with Gasteiger partial charge in [0.25, 0.3) is 0 Å². The van der Waals surface area contributed by atoms with E-state index in [1.54, 1.807) is 31.4 Å². The van der Waals surface area contributed by atoms with Gasteiger partial charge in [-0.2, -0.15) is 0 Å². The lowest BCUT2D eigenvalue weighted by molar-refractivity contribution is -0.130. The van der Waals surface area contributed by atoms with Crippen LogP contribution in [-0.2, 0) is 4.79 Å². The van der Waals surface area contributed by atoms with E-state index in [1.807, 2.05) is 19.1 Å². The maximum atomic E-state index is 12.0. The van der Waals surface area contributed by atoms with Crippen molar-refractivity contribution in [3.63, 3.8) is 0 Å². The molecular weight excluding hydrogens is 252 g/mol. The lowest BCUT2D eigenvalue weighted by Crippen LogP contribution is -2.44. The number of amides is 1. The van der Waals surface area contributed by atoms with Gasteiger partial charge in [0, 0.05) is 32.5 Å². The maximum Gasteiger partial charge on any atom is 0.236 e. The normalized spacial score (nSPS) is 14.1. The highest BCUT2D eigenvalue weighted by molar-refractivity contribution is 5.77. The lowest BCUT2D eigenvalue weighted by Gasteiger charge is -2.34. The third-order valence-electron chi connectivity index (χ3n) is 3.29. The summed E-state index contributed by atoms with van der Waals surface area (Å²) in [5, 5.41) is 0. The molecule has 5 nitrogen and oxygen atoms in total. The van der Waals surface area contributed by atoms with E-state index < -0.39 is 0 Å². The van der Waals surface area contributed by atoms with E-state index in [0.29, 0.717) is 6.54 Å². The Labute approximate surface area is 121 Å². The van der Waals surface area contributed by atoms with E-state index in [9.17, 15) is 4.79 Å². The van der Waals surface area contributed by atoms with Crippen molar-refractivity contribution in [3.05, 3.63) is 30.1 Å². The van der Waals surface area contributed by atoms with Crippen LogP contribution in [0.15, 0.2) is 24.5 Å². The Hall–Kier alpha value is -1.46. The molecule has 0 saturated carbocycles. The first-order chi connectivity index (χ1) is 9.47. The Balaban J connectivity index is 2.97. The smallest absolute Gasteiger partial charge is 0.236 e. The van der Waals surface area contributed by atoms with Gasteiger partial charge in [-0.1, -0.05) is 6.92 Å². The number of carbonyl (C=O) groups excluding carboxylic acids is 1. The highest BCUT2D eigenvalue weighted by Crippen LogP contribution is 2.23. The van der Waals surface area contributed by atoms with Crippen LogP contribution in [0.2, 0.25) is 0 Å². The van der Waals surface area contributed by atoms with Crippen molar-refractivity contribution in [1.82, 2.24) is 14.8 Å². The number of likely N-dealkylation sites (N-methyl/N-ethyl adjacent to an activating group) is 1. The average Bonchev–Trinajstić information content (AvgIpc) is 2.39. The molecule has 1 heterocycles. The molecule has 20 heavy (non-hydrogen) atoms. The average molecular weight is 278 g/mol. The molecule has 2 N–H and O–H groups in total. The highest BCUT2D eigenvalue weighted by atomic mass is 16.2. The molecule has 5 heteroatoms. The Kier molecular flexibility index (Phi) is 6.61. The maximum absolute atomic E-state index is 12.0. The molecule has 0 spiro atoms. The number of nitrogens with two attached hydrogens (primary N) is 1. The molecule has 0 saturated heterocycles. The number of hydrogen-bond acceptors (Lipinski definition) is 4. The molecule has 0 bridgehead atoms. The lowest BCUT2D eigenvalue weighted by atomic mass is 10.00. The molecule has 1 rings (SSSR count). The van der Waals surface area contributed by atoms with Gasteiger partial charge < -0.3 is 10.6 Å². The van der Waals surface area contributed by atoms with E-state index >= 15 is 0 Å². The number of rotatable bonds is 7. The van der Waals surface area contributed by atoms with Crippen molar-refractivity contribution in [3.8, 4) is 0 Å². The van der Waals surface area contributed by atoms with E-state index in [-0.39, 0.29) is 18.0 Å². The molecule has 0 fully saturated rings. The first-order valence-corrected chi connectivity index (χ1v) is 7.07. The zero-order valence-corrected chi connectivity index (χ0v) is 12.9. The van der Waals surface area contributed by atoms with E-state index in [2.05, 4.69) is 16.8 Å². The summed E-state index contributed by atoms with van der Waals surface area (Å²) >= 11 is 0. The molecule has 1 amide bonds. The second-order valence-corrected chi connectivity index (χ2v) is 5.34. The van der Waals surface area contributed by atoms with Crippen LogP contribution in [0.1, 0.15) is 31.9 Å². The zero-order chi connectivity index (χ0) is 15.1. The van der Waals surface area contributed by atoms with Gasteiger partial charge in [-0.25, -0.2) is 0 Å². The Bertz CT molecular complexity index is 406. The highest BCUT2D eigenvalue weighted by Gasteiger charge is 2.25. The third kappa shape index (κ3) is 4.58. The van der Waals surface area contributed by atoms with Crippen molar-refractivity contribution in [2.75, 3.05) is 27.2 Å². The van der Waals surface area contributed by atoms with Crippen molar-refractivity contribution >= 4 is 5.91 Å². The minimum absolute atomic E-state index is 0.0295. The van der Waals surface area contributed by atoms with Gasteiger partial charge in [-0.05, 0) is 37.6 Å². The largest absolute Gasteiger partial charge is 0.348 e. The van der Waals surface area contributed by atoms with Crippen LogP contribution in [0.3, 0.4) is 0 Å². The first kappa shape index (κ1) is 16.6. The van der Waals surface area contributed by atoms with E-state index in [0.717, 1.165) is 18.5 Å². The second-order valence-electron chi connectivity index (χ2n) is 5.34. The van der Waals surface area contributed by atoms with Crippen LogP contribution in [0.4, 0.5) is 0 Å². The SMILES string of the molecule is CCCN(CC(=O)N(C)C)C(c1ccncc1)C(C)N. The molecule has 0 aliphatic heterocycles. The summed E-state index contributed by atoms with van der Waals surface area (Å²) < 4.78 is 0. The summed E-state index contributed by atoms with van der Waals surface area (Å²) in [6.45, 7) is 5.31. The van der Waals surface area contributed by atoms with Crippen molar-refractivity contribution in [1.29, 1.82) is 0 Å². The van der Waals surface area contributed by atoms with E-state index in [1.165, 1.54) is 0 Å². The minimum atomic E-state index is -0.0566. The summed E-state index contributed by atoms with van der Waals surface area (Å²) in [6.07, 6.45) is 4.51. The van der Waals surface area contributed by atoms with Gasteiger partial charge >= 0.3 is 0 Å². The molecule has 0 radical (unpaired) electrons. The number of hydrogen-bond donors (Lipinski definition) is 1. The van der Waals surface area contributed by atoms with Crippen LogP contribution >= 0.6 is 0 Å². The minimum Gasteiger partial charge on any atom is -0.348 e. The molecule has 2 atom stereocenters. The molecule has 0 aliphatic rings. The predicted molar refractivity (Wildman–Crippen MR) is 81.2 cm³/mol. The summed E-state index contributed by atoms with van der Waals surface area (Å²) in [5.41, 5.74) is 7.27. The van der Waals surface area contributed by atoms with Crippen LogP contribution < -0.4 is 5.73 Å². The molecule has 2 unspecified atom stereocenters. The Morgan fingerprint density at radius 2 is 1.95 bits per heavy atom. The molecule has 1 aromatic heterocycles. The topological polar surface area (TPSA) is 62.5 Å². The molecule has 1 aromatic rings. The Morgan fingerprint density at radius 3 is 2.40 bits per heavy atom. The zero-order valence-electron chi connectivity index (χ0n) is 12.9. The van der Waals surface area contributed by atoms with Gasteiger partial charge in [0.05, 0.1) is 12.6 Å². The van der Waals surface area contributed by atoms with Crippen molar-refractivity contribution in [2.45, 2.75) is 32.4 Å². The number of carbonyl (C=O) groups is 1. The number of aromatic nitrogens is 1. The summed E-state index contributed by atoms with van der Waals surface area (Å²) in [6, 6.07) is 3.91. The van der Waals surface area contributed by atoms with Crippen LogP contribution in [0.25, 0.3) is 0 Å². The molecule has 0 aromatic carbocycles. The molecular formula is C15H26N4O. The van der Waals surface area contributed by atoms with Crippen LogP contribution in [-0.4, -0.2) is 53.9 Å². The van der Waals surface area contributed by atoms with Crippen molar-refractivity contribution < 1.29 is 4.79 Å². The molecule has 0 aliphatic carbocycles. The van der Waals surface area contributed by atoms with Gasteiger partial charge in [0.1, 0.15) is 0 Å². The first-order valence-electron chi connectivity index (χ1n) is 7.07. The van der Waals surface area contributed by atoms with Gasteiger partial charge in [-0.15, -0.1) is 0 Å². The Morgan fingerprint density at radius 1 is 1.35 bits per heavy atom. The van der Waals surface area contributed by atoms with Gasteiger partial charge in [0.2, 0.25) is 5.91 Å². The summed E-state index contributed by atoms with van der Waals surface area (Å²) in [4.78, 5) is 19.8. The molecule has 112 valence electrons.